The third-order valence-corrected chi connectivity index (χ3v) is 9.78. The summed E-state index contributed by atoms with van der Waals surface area (Å²) in [6.45, 7) is 7.49. The van der Waals surface area contributed by atoms with Crippen LogP contribution in [0.25, 0.3) is 0 Å². The second-order valence-corrected chi connectivity index (χ2v) is 10.3. The molecule has 5 aliphatic carbocycles. The van der Waals surface area contributed by atoms with E-state index in [0.29, 0.717) is 19.6 Å². The normalized spacial score (nSPS) is 56.0. The SMILES string of the molecule is C=C1C(=O)C23CC[C@H]1CC2[C@@]12CCC[C@@](C)(C(=O)N4CCO[C@H]41)C2C[C@H]3O. The quantitative estimate of drug-likeness (QED) is 0.664. The van der Waals surface area contributed by atoms with Crippen molar-refractivity contribution >= 4 is 11.7 Å². The molecule has 2 saturated heterocycles. The molecule has 5 saturated carbocycles. The number of hydrogen-bond acceptors (Lipinski definition) is 4. The first-order chi connectivity index (χ1) is 12.9. The van der Waals surface area contributed by atoms with Gasteiger partial charge < -0.3 is 14.7 Å². The van der Waals surface area contributed by atoms with Gasteiger partial charge in [-0.15, -0.1) is 0 Å². The fraction of sp³-hybridized carbons (Fsp3) is 0.818. The molecule has 0 aromatic carbocycles. The number of allylic oxidation sites excluding steroid dienone is 1. The van der Waals surface area contributed by atoms with Crippen molar-refractivity contribution in [2.75, 3.05) is 13.2 Å². The van der Waals surface area contributed by atoms with Gasteiger partial charge in [-0.05, 0) is 61.9 Å². The highest BCUT2D eigenvalue weighted by atomic mass is 16.5. The number of aliphatic hydroxyl groups is 1. The molecule has 5 nitrogen and oxygen atoms in total. The van der Waals surface area contributed by atoms with Crippen molar-refractivity contribution in [3.8, 4) is 0 Å². The molecule has 7 aliphatic rings. The number of aliphatic hydroxyl groups excluding tert-OH is 1. The number of carbonyl (C=O) groups excluding carboxylic acids is 2. The van der Waals surface area contributed by atoms with Gasteiger partial charge in [0, 0.05) is 12.0 Å². The highest BCUT2D eigenvalue weighted by molar-refractivity contribution is 6.02. The largest absolute Gasteiger partial charge is 0.392 e. The summed E-state index contributed by atoms with van der Waals surface area (Å²) < 4.78 is 6.26. The predicted molar refractivity (Wildman–Crippen MR) is 97.4 cm³/mol. The summed E-state index contributed by atoms with van der Waals surface area (Å²) >= 11 is 0. The van der Waals surface area contributed by atoms with E-state index in [9.17, 15) is 14.7 Å². The fourth-order valence-electron chi connectivity index (χ4n) is 8.73. The van der Waals surface area contributed by atoms with Crippen molar-refractivity contribution in [1.82, 2.24) is 4.90 Å². The Morgan fingerprint density at radius 2 is 2.00 bits per heavy atom. The minimum atomic E-state index is -0.696. The molecule has 2 aliphatic heterocycles. The van der Waals surface area contributed by atoms with Gasteiger partial charge in [-0.3, -0.25) is 9.59 Å². The minimum absolute atomic E-state index is 0.105. The van der Waals surface area contributed by atoms with Gasteiger partial charge in [0.15, 0.2) is 5.78 Å². The van der Waals surface area contributed by atoms with E-state index in [0.717, 1.165) is 44.1 Å². The lowest BCUT2D eigenvalue weighted by Crippen LogP contribution is -2.77. The second-order valence-electron chi connectivity index (χ2n) is 10.3. The molecule has 2 heterocycles. The van der Waals surface area contributed by atoms with Crippen molar-refractivity contribution < 1.29 is 19.4 Å². The van der Waals surface area contributed by atoms with Crippen LogP contribution >= 0.6 is 0 Å². The number of ketones is 1. The van der Waals surface area contributed by atoms with E-state index >= 15 is 0 Å². The van der Waals surface area contributed by atoms with E-state index < -0.39 is 16.9 Å². The molecule has 7 fully saturated rings. The third kappa shape index (κ3) is 1.56. The van der Waals surface area contributed by atoms with Crippen LogP contribution in [0.5, 0.6) is 0 Å². The Morgan fingerprint density at radius 1 is 1.19 bits per heavy atom. The van der Waals surface area contributed by atoms with Crippen molar-refractivity contribution in [2.24, 2.45) is 34.0 Å². The molecule has 146 valence electrons. The van der Waals surface area contributed by atoms with Crippen LogP contribution in [0, 0.1) is 34.0 Å². The number of fused-ring (bicyclic) bond motifs is 3. The Labute approximate surface area is 160 Å². The van der Waals surface area contributed by atoms with Gasteiger partial charge in [0.2, 0.25) is 5.91 Å². The first-order valence-corrected chi connectivity index (χ1v) is 10.7. The summed E-state index contributed by atoms with van der Waals surface area (Å²) in [5, 5.41) is 11.4. The molecule has 27 heavy (non-hydrogen) atoms. The van der Waals surface area contributed by atoms with Crippen LogP contribution in [0.1, 0.15) is 51.9 Å². The van der Waals surface area contributed by atoms with Crippen LogP contribution in [-0.4, -0.2) is 47.2 Å². The summed E-state index contributed by atoms with van der Waals surface area (Å²) in [5.74, 6) is 0.782. The van der Waals surface area contributed by atoms with Gasteiger partial charge in [-0.25, -0.2) is 0 Å². The Hall–Kier alpha value is -1.20. The maximum atomic E-state index is 13.4. The zero-order valence-electron chi connectivity index (χ0n) is 16.1. The molecule has 0 radical (unpaired) electrons. The topological polar surface area (TPSA) is 66.8 Å². The molecule has 7 rings (SSSR count). The maximum absolute atomic E-state index is 13.4. The lowest BCUT2D eigenvalue weighted by Gasteiger charge is -2.72. The smallest absolute Gasteiger partial charge is 0.230 e. The highest BCUT2D eigenvalue weighted by Gasteiger charge is 2.77. The van der Waals surface area contributed by atoms with Crippen molar-refractivity contribution in [2.45, 2.75) is 64.2 Å². The molecule has 0 aromatic rings. The number of ether oxygens (including phenoxy) is 1. The molecular formula is C22H29NO4. The number of rotatable bonds is 0. The molecule has 1 spiro atoms. The molecule has 8 atom stereocenters. The standard InChI is InChI=1S/C22H29NO4/c1-12-13-4-7-22(17(12)25)15(10-13)21-6-3-5-20(2,14(21)11-16(22)24)18(26)23-8-9-27-19(21)23/h13-16,19,24H,1,3-11H2,2H3/t13-,14?,15?,16+,19-,20+,21-,22?/m0/s1. The van der Waals surface area contributed by atoms with E-state index in [4.69, 9.17) is 4.74 Å². The lowest BCUT2D eigenvalue weighted by molar-refractivity contribution is -0.281. The van der Waals surface area contributed by atoms with Crippen LogP contribution in [0.15, 0.2) is 12.2 Å². The van der Waals surface area contributed by atoms with E-state index in [1.807, 2.05) is 4.90 Å². The van der Waals surface area contributed by atoms with Crippen LogP contribution in [0.2, 0.25) is 0 Å². The van der Waals surface area contributed by atoms with Gasteiger partial charge in [0.05, 0.1) is 23.5 Å². The second kappa shape index (κ2) is 4.85. The zero-order chi connectivity index (χ0) is 18.8. The molecule has 0 aromatic heterocycles. The summed E-state index contributed by atoms with van der Waals surface area (Å²) in [6, 6.07) is 0. The van der Waals surface area contributed by atoms with Crippen molar-refractivity contribution in [1.29, 1.82) is 0 Å². The lowest BCUT2D eigenvalue weighted by atomic mass is 9.34. The number of amides is 1. The number of Topliss-reactive ketones (excluding diaryl/α,β-unsaturated/α-hetero) is 1. The van der Waals surface area contributed by atoms with E-state index in [-0.39, 0.29) is 41.1 Å². The number of nitrogens with zero attached hydrogens (tertiary/aromatic N) is 1. The van der Waals surface area contributed by atoms with Gasteiger partial charge in [0.1, 0.15) is 6.23 Å². The molecule has 3 unspecified atom stereocenters. The first-order valence-electron chi connectivity index (χ1n) is 10.7. The Balaban J connectivity index is 1.59. The Bertz CT molecular complexity index is 778. The highest BCUT2D eigenvalue weighted by Crippen LogP contribution is 2.74. The van der Waals surface area contributed by atoms with Crippen LogP contribution in [0.4, 0.5) is 0 Å². The van der Waals surface area contributed by atoms with Gasteiger partial charge in [0.25, 0.3) is 0 Å². The predicted octanol–water partition coefficient (Wildman–Crippen LogP) is 2.28. The van der Waals surface area contributed by atoms with E-state index in [1.54, 1.807) is 0 Å². The minimum Gasteiger partial charge on any atom is -0.392 e. The van der Waals surface area contributed by atoms with Crippen molar-refractivity contribution in [3.05, 3.63) is 12.2 Å². The monoisotopic (exact) mass is 371 g/mol. The third-order valence-electron chi connectivity index (χ3n) is 9.78. The number of carbonyl (C=O) groups is 2. The summed E-state index contributed by atoms with van der Waals surface area (Å²) in [7, 11) is 0. The van der Waals surface area contributed by atoms with Gasteiger partial charge in [-0.1, -0.05) is 19.9 Å². The van der Waals surface area contributed by atoms with Gasteiger partial charge in [-0.2, -0.15) is 0 Å². The van der Waals surface area contributed by atoms with Crippen LogP contribution in [-0.2, 0) is 14.3 Å². The average Bonchev–Trinajstić information content (AvgIpc) is 3.15. The molecular weight excluding hydrogens is 342 g/mol. The molecule has 1 N–H and O–H groups in total. The van der Waals surface area contributed by atoms with Crippen molar-refractivity contribution in [3.63, 3.8) is 0 Å². The molecule has 4 bridgehead atoms. The van der Waals surface area contributed by atoms with Crippen LogP contribution in [0.3, 0.4) is 0 Å². The first kappa shape index (κ1) is 16.7. The number of hydrogen-bond donors (Lipinski definition) is 1. The maximum Gasteiger partial charge on any atom is 0.230 e. The molecule has 1 amide bonds. The Morgan fingerprint density at radius 3 is 2.81 bits per heavy atom. The Kier molecular flexibility index (Phi) is 3.01. The van der Waals surface area contributed by atoms with Gasteiger partial charge >= 0.3 is 0 Å². The van der Waals surface area contributed by atoms with E-state index in [1.165, 1.54) is 0 Å². The summed E-state index contributed by atoms with van der Waals surface area (Å²) in [6.07, 6.45) is 5.24. The van der Waals surface area contributed by atoms with Crippen LogP contribution < -0.4 is 0 Å². The summed E-state index contributed by atoms with van der Waals surface area (Å²) in [5.41, 5.74) is -0.576. The fourth-order valence-corrected chi connectivity index (χ4v) is 8.73. The zero-order valence-corrected chi connectivity index (χ0v) is 16.1. The molecule has 5 heteroatoms. The number of piperidine rings is 1. The summed E-state index contributed by atoms with van der Waals surface area (Å²) in [4.78, 5) is 28.8. The average molecular weight is 371 g/mol. The van der Waals surface area contributed by atoms with E-state index in [2.05, 4.69) is 13.5 Å².